The van der Waals surface area contributed by atoms with Crippen molar-refractivity contribution < 1.29 is 28.9 Å². The van der Waals surface area contributed by atoms with Crippen LogP contribution in [0.1, 0.15) is 109 Å². The number of nitrogens with zero attached hydrogens (tertiary/aromatic N) is 5. The first kappa shape index (κ1) is 45.9. The maximum atomic E-state index is 10.4. The summed E-state index contributed by atoms with van der Waals surface area (Å²) in [4.78, 5) is 14.4. The molecule has 6 aromatic carbocycles. The second kappa shape index (κ2) is 18.0. The molecule has 7 nitrogen and oxygen atoms in total. The van der Waals surface area contributed by atoms with Crippen molar-refractivity contribution in [1.29, 1.82) is 5.26 Å². The first-order valence-corrected chi connectivity index (χ1v) is 22.4. The average Bonchev–Trinajstić information content (AvgIpc) is 4.02. The number of hydrogen-bond acceptors (Lipinski definition) is 6. The zero-order valence-electron chi connectivity index (χ0n) is 39.2. The van der Waals surface area contributed by atoms with Gasteiger partial charge >= 0.3 is 0 Å². The molecule has 0 amide bonds. The maximum absolute atomic E-state index is 10.4. The molecule has 10 rings (SSSR count). The van der Waals surface area contributed by atoms with Gasteiger partial charge in [-0.3, -0.25) is 4.98 Å². The van der Waals surface area contributed by atoms with E-state index in [1.165, 1.54) is 27.8 Å². The Bertz CT molecular complexity index is 3380. The average molecular weight is 1040 g/mol. The maximum Gasteiger partial charge on any atom is 0.200 e. The van der Waals surface area contributed by atoms with Crippen molar-refractivity contribution in [2.24, 2.45) is 0 Å². The van der Waals surface area contributed by atoms with Gasteiger partial charge in [0.1, 0.15) is 22.7 Å². The third-order valence-corrected chi connectivity index (χ3v) is 12.0. The Morgan fingerprint density at radius 1 is 0.667 bits per heavy atom. The zero-order chi connectivity index (χ0) is 45.8. The molecule has 0 aliphatic carbocycles. The van der Waals surface area contributed by atoms with E-state index in [9.17, 15) is 5.26 Å². The van der Waals surface area contributed by atoms with E-state index in [4.69, 9.17) is 18.8 Å². The number of imidazole rings is 1. The normalized spacial score (nSPS) is 11.9. The van der Waals surface area contributed by atoms with Crippen LogP contribution in [0.5, 0.6) is 0 Å². The Morgan fingerprint density at radius 3 is 2.02 bits per heavy atom. The molecule has 0 bridgehead atoms. The molecule has 8 heteroatoms. The predicted molar refractivity (Wildman–Crippen MR) is 264 cm³/mol. The number of aromatic nitrogens is 4. The summed E-state index contributed by atoms with van der Waals surface area (Å²) < 4.78 is 15.2. The fourth-order valence-electron chi connectivity index (χ4n) is 8.48. The second-order valence-electron chi connectivity index (χ2n) is 19.4. The fraction of sp³-hybridized carbons (Fsp3) is 0.241. The van der Waals surface area contributed by atoms with Crippen LogP contribution < -0.4 is 0 Å². The van der Waals surface area contributed by atoms with Crippen LogP contribution in [0.4, 0.5) is 0 Å². The van der Waals surface area contributed by atoms with Gasteiger partial charge in [0.2, 0.25) is 5.89 Å². The molecular formula is C58H53IrN5O2-2. The van der Waals surface area contributed by atoms with Crippen molar-refractivity contribution in [1.82, 2.24) is 19.5 Å². The number of nitriles is 1. The monoisotopic (exact) mass is 1040 g/mol. The van der Waals surface area contributed by atoms with Crippen molar-refractivity contribution in [3.63, 3.8) is 0 Å². The number of fused-ring (bicyclic) bond motifs is 5. The first-order valence-electron chi connectivity index (χ1n) is 22.4. The molecule has 0 aliphatic heterocycles. The molecule has 0 aliphatic rings. The molecule has 10 aromatic rings. The van der Waals surface area contributed by atoms with Crippen LogP contribution in [0.3, 0.4) is 0 Å². The summed E-state index contributed by atoms with van der Waals surface area (Å²) in [6.07, 6.45) is 1.87. The Hall–Kier alpha value is -6.65. The molecular weight excluding hydrogens is 991 g/mol. The van der Waals surface area contributed by atoms with Gasteiger partial charge in [-0.25, -0.2) is 4.98 Å². The molecule has 0 fully saturated rings. The van der Waals surface area contributed by atoms with E-state index in [0.717, 1.165) is 50.1 Å². The van der Waals surface area contributed by atoms with Gasteiger partial charge in [0.05, 0.1) is 22.4 Å². The molecule has 4 aromatic heterocycles. The number of pyridine rings is 1. The van der Waals surface area contributed by atoms with Crippen molar-refractivity contribution in [3.05, 3.63) is 168 Å². The van der Waals surface area contributed by atoms with Gasteiger partial charge in [0.15, 0.2) is 5.58 Å². The van der Waals surface area contributed by atoms with E-state index in [2.05, 4.69) is 149 Å². The number of oxazole rings is 1. The topological polar surface area (TPSA) is 93.7 Å². The molecule has 333 valence electrons. The van der Waals surface area contributed by atoms with Crippen molar-refractivity contribution in [3.8, 4) is 45.5 Å². The summed E-state index contributed by atoms with van der Waals surface area (Å²) in [5.74, 6) is 1.78. The van der Waals surface area contributed by atoms with Crippen molar-refractivity contribution >= 4 is 44.1 Å². The SMILES string of the molecule is CC(C)(C)c1ccnc(-c2[c-]cccc2)c1.CC(C)c1cc(-c2ccccc2)cc(C(C)C)c1-n1c(-c2[c-]ccc3c2oc2c(C#N)c4nc(C(C)(C)C)oc4cc23)nc2ccccc21.[Ir]. The van der Waals surface area contributed by atoms with E-state index in [-0.39, 0.29) is 42.8 Å². The largest absolute Gasteiger partial charge is 0.499 e. The van der Waals surface area contributed by atoms with E-state index in [0.29, 0.717) is 33.7 Å². The number of rotatable bonds is 6. The Morgan fingerprint density at radius 2 is 1.36 bits per heavy atom. The number of benzene rings is 6. The summed E-state index contributed by atoms with van der Waals surface area (Å²) in [7, 11) is 0. The van der Waals surface area contributed by atoms with E-state index in [1.807, 2.05) is 75.5 Å². The third-order valence-electron chi connectivity index (χ3n) is 12.0. The van der Waals surface area contributed by atoms with E-state index in [1.54, 1.807) is 0 Å². The van der Waals surface area contributed by atoms with Crippen LogP contribution in [-0.2, 0) is 30.9 Å². The fourth-order valence-corrected chi connectivity index (χ4v) is 8.48. The van der Waals surface area contributed by atoms with Gasteiger partial charge in [-0.05, 0) is 87.2 Å². The van der Waals surface area contributed by atoms with Gasteiger partial charge in [0, 0.05) is 42.8 Å². The second-order valence-corrected chi connectivity index (χ2v) is 19.4. The van der Waals surface area contributed by atoms with Gasteiger partial charge < -0.3 is 18.4 Å². The quantitative estimate of drug-likeness (QED) is 0.154. The molecule has 0 spiro atoms. The summed E-state index contributed by atoms with van der Waals surface area (Å²) in [5, 5.41) is 12.1. The molecule has 1 radical (unpaired) electrons. The molecule has 4 heterocycles. The summed E-state index contributed by atoms with van der Waals surface area (Å²) >= 11 is 0. The summed E-state index contributed by atoms with van der Waals surface area (Å²) in [6.45, 7) is 21.8. The van der Waals surface area contributed by atoms with Gasteiger partial charge in [-0.15, -0.1) is 54.1 Å². The first-order chi connectivity index (χ1) is 31.1. The molecule has 0 unspecified atom stereocenters. The molecule has 0 N–H and O–H groups in total. The van der Waals surface area contributed by atoms with Crippen LogP contribution in [0.2, 0.25) is 0 Å². The Kier molecular flexibility index (Phi) is 12.5. The smallest absolute Gasteiger partial charge is 0.200 e. The number of hydrogen-bond donors (Lipinski definition) is 0. The van der Waals surface area contributed by atoms with Gasteiger partial charge in [0.25, 0.3) is 0 Å². The van der Waals surface area contributed by atoms with Gasteiger partial charge in [-0.2, -0.15) is 5.26 Å². The van der Waals surface area contributed by atoms with Crippen LogP contribution in [0.15, 0.2) is 136 Å². The number of para-hydroxylation sites is 2. The van der Waals surface area contributed by atoms with Crippen molar-refractivity contribution in [2.45, 2.75) is 91.9 Å². The zero-order valence-corrected chi connectivity index (χ0v) is 41.6. The molecule has 0 saturated heterocycles. The van der Waals surface area contributed by atoms with Crippen LogP contribution in [-0.4, -0.2) is 19.5 Å². The Labute approximate surface area is 400 Å². The summed E-state index contributed by atoms with van der Waals surface area (Å²) in [5.41, 5.74) is 14.3. The minimum atomic E-state index is -0.306. The van der Waals surface area contributed by atoms with Crippen LogP contribution in [0.25, 0.3) is 83.5 Å². The standard InChI is InChI=1S/C43H37N4O2.C15H16N.Ir/c1-24(2)30-20-27(26-14-9-8-10-15-26)21-31(25(3)4)38(30)47-35-19-12-11-18-34(35)45-41(47)29-17-13-16-28-32-22-36-37(46-42(48-36)43(5,6)7)33(23-44)40(32)49-39(28)29;1-15(2,3)13-9-10-16-14(11-13)12-7-5-4-6-8-12;/h8-16,18-22,24-25H,1-7H3;4-7,9-11H,1-3H3;/q2*-1;. The molecule has 0 atom stereocenters. The minimum absolute atomic E-state index is 0. The van der Waals surface area contributed by atoms with E-state index < -0.39 is 0 Å². The Balaban J connectivity index is 0.000000295. The third kappa shape index (κ3) is 8.50. The van der Waals surface area contributed by atoms with E-state index >= 15 is 0 Å². The number of furan rings is 1. The van der Waals surface area contributed by atoms with Crippen LogP contribution in [0, 0.1) is 23.5 Å². The van der Waals surface area contributed by atoms with Gasteiger partial charge in [-0.1, -0.05) is 129 Å². The van der Waals surface area contributed by atoms with Crippen molar-refractivity contribution in [2.75, 3.05) is 0 Å². The predicted octanol–water partition coefficient (Wildman–Crippen LogP) is 15.5. The molecule has 0 saturated carbocycles. The van der Waals surface area contributed by atoms with Crippen LogP contribution >= 0.6 is 0 Å². The molecule has 66 heavy (non-hydrogen) atoms. The minimum Gasteiger partial charge on any atom is -0.499 e. The summed E-state index contributed by atoms with van der Waals surface area (Å²) in [6, 6.07) is 50.6.